The minimum atomic E-state index is -0.826. The summed E-state index contributed by atoms with van der Waals surface area (Å²) in [6.45, 7) is 4.39. The van der Waals surface area contributed by atoms with Crippen LogP contribution in [0.25, 0.3) is 17.2 Å². The van der Waals surface area contributed by atoms with Crippen LogP contribution in [0.1, 0.15) is 36.5 Å². The van der Waals surface area contributed by atoms with Crippen LogP contribution in [-0.2, 0) is 27.3 Å². The molecule has 0 saturated carbocycles. The zero-order valence-corrected chi connectivity index (χ0v) is 17.0. The quantitative estimate of drug-likeness (QED) is 0.523. The van der Waals surface area contributed by atoms with Crippen molar-refractivity contribution in [1.29, 1.82) is 0 Å². The van der Waals surface area contributed by atoms with Gasteiger partial charge in [0.1, 0.15) is 0 Å². The van der Waals surface area contributed by atoms with Crippen LogP contribution in [-0.4, -0.2) is 0 Å². The van der Waals surface area contributed by atoms with Crippen molar-refractivity contribution in [3.8, 4) is 11.1 Å². The molecule has 0 saturated heterocycles. The molecule has 3 heteroatoms. The molecule has 2 aromatic rings. The zero-order valence-electron chi connectivity index (χ0n) is 13.0. The van der Waals surface area contributed by atoms with Gasteiger partial charge in [-0.25, -0.2) is 0 Å². The van der Waals surface area contributed by atoms with Crippen molar-refractivity contribution in [2.24, 2.45) is 0 Å². The molecule has 22 heavy (non-hydrogen) atoms. The Hall–Kier alpha value is -0.357. The molecule has 0 radical (unpaired) electrons. The van der Waals surface area contributed by atoms with E-state index in [-0.39, 0.29) is 0 Å². The molecule has 0 fully saturated rings. The Balaban J connectivity index is 0.000000545. The average molecular weight is 410 g/mol. The van der Waals surface area contributed by atoms with Gasteiger partial charge in [-0.05, 0) is 42.0 Å². The fourth-order valence-corrected chi connectivity index (χ4v) is 2.90. The summed E-state index contributed by atoms with van der Waals surface area (Å²) in [5.74, 6) is 0. The van der Waals surface area contributed by atoms with Gasteiger partial charge in [0.05, 0.1) is 0 Å². The van der Waals surface area contributed by atoms with Crippen molar-refractivity contribution in [3.63, 3.8) is 0 Å². The summed E-state index contributed by atoms with van der Waals surface area (Å²) in [6, 6.07) is 15.6. The number of hydrogen-bond donors (Lipinski definition) is 0. The zero-order chi connectivity index (χ0) is 15.9. The molecule has 0 spiro atoms. The number of allylic oxidation sites excluding steroid dienone is 1. The first kappa shape index (κ1) is 18.0. The molecule has 0 aliphatic heterocycles. The number of aryl methyl sites for hydroxylation is 1. The molecule has 114 valence electrons. The molecule has 0 amide bonds. The molecule has 1 aliphatic rings. The monoisotopic (exact) mass is 408 g/mol. The van der Waals surface area contributed by atoms with Gasteiger partial charge >= 0.3 is 37.9 Å². The van der Waals surface area contributed by atoms with E-state index in [4.69, 9.17) is 17.0 Å². The Bertz CT molecular complexity index is 645. The van der Waals surface area contributed by atoms with E-state index < -0.39 is 20.8 Å². The van der Waals surface area contributed by atoms with E-state index in [1.165, 1.54) is 40.7 Å². The van der Waals surface area contributed by atoms with E-state index in [2.05, 4.69) is 62.4 Å². The van der Waals surface area contributed by atoms with Gasteiger partial charge in [-0.1, -0.05) is 73.0 Å². The summed E-state index contributed by atoms with van der Waals surface area (Å²) in [5.41, 5.74) is 8.53. The van der Waals surface area contributed by atoms with Gasteiger partial charge in [0.15, 0.2) is 0 Å². The topological polar surface area (TPSA) is 0 Å². The van der Waals surface area contributed by atoms with Crippen LogP contribution >= 0.6 is 17.0 Å². The Morgan fingerprint density at radius 2 is 1.73 bits per heavy atom. The van der Waals surface area contributed by atoms with Crippen molar-refractivity contribution in [1.82, 2.24) is 0 Å². The van der Waals surface area contributed by atoms with E-state index in [0.29, 0.717) is 0 Å². The predicted octanol–water partition coefficient (Wildman–Crippen LogP) is 6.78. The second-order valence-electron chi connectivity index (χ2n) is 5.55. The SMILES string of the molecule is CCCC1=Cc2c(cccc2-c2ccc(C)cc2)C1.[Cl][Zr][Cl]. The Morgan fingerprint density at radius 3 is 2.36 bits per heavy atom. The molecule has 0 bridgehead atoms. The summed E-state index contributed by atoms with van der Waals surface area (Å²) < 4.78 is 0. The van der Waals surface area contributed by atoms with Gasteiger partial charge < -0.3 is 0 Å². The van der Waals surface area contributed by atoms with E-state index in [9.17, 15) is 0 Å². The van der Waals surface area contributed by atoms with E-state index in [0.717, 1.165) is 6.42 Å². The van der Waals surface area contributed by atoms with Gasteiger partial charge in [0, 0.05) is 0 Å². The second-order valence-corrected chi connectivity index (χ2v) is 9.28. The van der Waals surface area contributed by atoms with Gasteiger partial charge in [0.2, 0.25) is 0 Å². The maximum atomic E-state index is 4.93. The number of hydrogen-bond acceptors (Lipinski definition) is 0. The number of benzene rings is 2. The summed E-state index contributed by atoms with van der Waals surface area (Å²) in [7, 11) is 9.87. The summed E-state index contributed by atoms with van der Waals surface area (Å²) in [4.78, 5) is 0. The van der Waals surface area contributed by atoms with Crippen LogP contribution in [0.3, 0.4) is 0 Å². The molecule has 0 atom stereocenters. The number of rotatable bonds is 3. The normalized spacial score (nSPS) is 12.1. The van der Waals surface area contributed by atoms with E-state index in [1.54, 1.807) is 5.57 Å². The molecule has 0 nitrogen and oxygen atoms in total. The molecule has 0 unspecified atom stereocenters. The summed E-state index contributed by atoms with van der Waals surface area (Å²) in [5, 5.41) is 0. The van der Waals surface area contributed by atoms with Crippen LogP contribution in [0.4, 0.5) is 0 Å². The van der Waals surface area contributed by atoms with E-state index in [1.807, 2.05) is 0 Å². The Kier molecular flexibility index (Phi) is 7.41. The Labute approximate surface area is 152 Å². The predicted molar refractivity (Wildman–Crippen MR) is 94.9 cm³/mol. The second kappa shape index (κ2) is 9.06. The van der Waals surface area contributed by atoms with Crippen molar-refractivity contribution in [2.75, 3.05) is 0 Å². The first-order valence-electron chi connectivity index (χ1n) is 7.54. The van der Waals surface area contributed by atoms with Crippen LogP contribution in [0, 0.1) is 6.92 Å². The van der Waals surface area contributed by atoms with Crippen LogP contribution in [0.2, 0.25) is 0 Å². The first-order valence-corrected chi connectivity index (χ1v) is 13.9. The van der Waals surface area contributed by atoms with Gasteiger partial charge in [0.25, 0.3) is 0 Å². The van der Waals surface area contributed by atoms with Crippen molar-refractivity contribution >= 4 is 23.1 Å². The molecule has 0 heterocycles. The van der Waals surface area contributed by atoms with Crippen LogP contribution in [0.15, 0.2) is 48.0 Å². The average Bonchev–Trinajstić information content (AvgIpc) is 2.92. The standard InChI is InChI=1S/C19H20.2ClH.Zr/c1-3-5-15-12-17-6-4-7-18(19(17)13-15)16-10-8-14(2)9-11-16;;;/h4,6-11,13H,3,5,12H2,1-2H3;2*1H;/q;;;+2/p-2. The van der Waals surface area contributed by atoms with Gasteiger partial charge in [-0.15, -0.1) is 0 Å². The molecule has 0 aromatic heterocycles. The molecule has 0 N–H and O–H groups in total. The first-order chi connectivity index (χ1) is 10.7. The Morgan fingerprint density at radius 1 is 1.05 bits per heavy atom. The van der Waals surface area contributed by atoms with Crippen LogP contribution < -0.4 is 0 Å². The third-order valence-electron chi connectivity index (χ3n) is 3.90. The molecular weight excluding hydrogens is 390 g/mol. The molecule has 1 aliphatic carbocycles. The third-order valence-corrected chi connectivity index (χ3v) is 3.90. The van der Waals surface area contributed by atoms with Crippen molar-refractivity contribution in [2.45, 2.75) is 33.1 Å². The number of halogens is 2. The third kappa shape index (κ3) is 4.57. The number of fused-ring (bicyclic) bond motifs is 1. The van der Waals surface area contributed by atoms with Crippen molar-refractivity contribution in [3.05, 3.63) is 64.7 Å². The minimum absolute atomic E-state index is 0.826. The maximum absolute atomic E-state index is 4.93. The van der Waals surface area contributed by atoms with Gasteiger partial charge in [-0.3, -0.25) is 0 Å². The summed E-state index contributed by atoms with van der Waals surface area (Å²) >= 11 is -0.826. The van der Waals surface area contributed by atoms with Crippen molar-refractivity contribution < 1.29 is 20.8 Å². The molecular formula is C19H20Cl2Zr. The summed E-state index contributed by atoms with van der Waals surface area (Å²) in [6.07, 6.45) is 6.01. The fraction of sp³-hybridized carbons (Fsp3) is 0.263. The van der Waals surface area contributed by atoms with Gasteiger partial charge in [-0.2, -0.15) is 0 Å². The molecule has 2 aromatic carbocycles. The van der Waals surface area contributed by atoms with E-state index >= 15 is 0 Å². The fourth-order valence-electron chi connectivity index (χ4n) is 2.90. The molecule has 3 rings (SSSR count). The van der Waals surface area contributed by atoms with Crippen LogP contribution in [0.5, 0.6) is 0 Å².